The SMILES string of the molecule is c1ccc(-c2cc3oc4cc(N(c5ccccc5)c5ccc6c(c5)sc5ccccc56)ccc4c3c3ccccc23)cc1. The lowest BCUT2D eigenvalue weighted by Crippen LogP contribution is -2.09. The van der Waals surface area contributed by atoms with Gasteiger partial charge in [-0.2, -0.15) is 0 Å². The predicted molar refractivity (Wildman–Crippen MR) is 184 cm³/mol. The molecule has 0 spiro atoms. The summed E-state index contributed by atoms with van der Waals surface area (Å²) in [6.45, 7) is 0. The van der Waals surface area contributed by atoms with E-state index in [1.807, 2.05) is 11.3 Å². The monoisotopic (exact) mass is 567 g/mol. The molecule has 43 heavy (non-hydrogen) atoms. The lowest BCUT2D eigenvalue weighted by atomic mass is 9.95. The molecule has 9 rings (SSSR count). The van der Waals surface area contributed by atoms with Crippen LogP contribution in [0.15, 0.2) is 156 Å². The van der Waals surface area contributed by atoms with Gasteiger partial charge >= 0.3 is 0 Å². The van der Waals surface area contributed by atoms with Crippen molar-refractivity contribution in [3.63, 3.8) is 0 Å². The van der Waals surface area contributed by atoms with Gasteiger partial charge in [-0.3, -0.25) is 0 Å². The standard InChI is InChI=1S/C40H25NOS/c1-3-11-26(12-4-1)35-25-37-40(33-17-8-7-15-30(33)35)34-22-20-28(23-36(34)42-37)41(27-13-5-2-6-14-27)29-19-21-32-31-16-9-10-18-38(31)43-39(32)24-29/h1-25H. The molecule has 0 fully saturated rings. The van der Waals surface area contributed by atoms with Crippen molar-refractivity contribution < 1.29 is 4.42 Å². The molecule has 0 aliphatic rings. The first-order valence-corrected chi connectivity index (χ1v) is 15.3. The third-order valence-corrected chi connectivity index (χ3v) is 9.57. The molecule has 0 saturated heterocycles. The minimum Gasteiger partial charge on any atom is -0.456 e. The summed E-state index contributed by atoms with van der Waals surface area (Å²) in [5.41, 5.74) is 7.45. The van der Waals surface area contributed by atoms with Gasteiger partial charge in [0.05, 0.1) is 0 Å². The summed E-state index contributed by atoms with van der Waals surface area (Å²) < 4.78 is 9.26. The zero-order chi connectivity index (χ0) is 28.3. The molecule has 0 aliphatic heterocycles. The number of hydrogen-bond acceptors (Lipinski definition) is 3. The maximum Gasteiger partial charge on any atom is 0.137 e. The van der Waals surface area contributed by atoms with Crippen LogP contribution in [-0.4, -0.2) is 0 Å². The fourth-order valence-electron chi connectivity index (χ4n) is 6.50. The van der Waals surface area contributed by atoms with E-state index < -0.39 is 0 Å². The van der Waals surface area contributed by atoms with Crippen molar-refractivity contribution in [2.24, 2.45) is 0 Å². The highest BCUT2D eigenvalue weighted by atomic mass is 32.1. The van der Waals surface area contributed by atoms with E-state index in [4.69, 9.17) is 4.42 Å². The summed E-state index contributed by atoms with van der Waals surface area (Å²) in [6, 6.07) is 54.1. The van der Waals surface area contributed by atoms with Crippen molar-refractivity contribution in [2.75, 3.05) is 4.90 Å². The molecule has 0 amide bonds. The molecule has 7 aromatic carbocycles. The number of anilines is 3. The van der Waals surface area contributed by atoms with Crippen molar-refractivity contribution in [2.45, 2.75) is 0 Å². The summed E-state index contributed by atoms with van der Waals surface area (Å²) in [5, 5.41) is 7.34. The van der Waals surface area contributed by atoms with E-state index in [9.17, 15) is 0 Å². The van der Waals surface area contributed by atoms with Crippen LogP contribution in [0.2, 0.25) is 0 Å². The third-order valence-electron chi connectivity index (χ3n) is 8.44. The van der Waals surface area contributed by atoms with Crippen LogP contribution in [0.25, 0.3) is 64.0 Å². The molecule has 0 unspecified atom stereocenters. The summed E-state index contributed by atoms with van der Waals surface area (Å²) in [7, 11) is 0. The molecule has 3 heteroatoms. The number of para-hydroxylation sites is 1. The van der Waals surface area contributed by atoms with Crippen molar-refractivity contribution in [1.29, 1.82) is 0 Å². The van der Waals surface area contributed by atoms with E-state index in [1.165, 1.54) is 42.1 Å². The predicted octanol–water partition coefficient (Wildman–Crippen LogP) is 12.2. The first-order chi connectivity index (χ1) is 21.3. The number of furan rings is 1. The van der Waals surface area contributed by atoms with Crippen LogP contribution in [-0.2, 0) is 0 Å². The Hall–Kier alpha value is -5.38. The molecule has 202 valence electrons. The first-order valence-electron chi connectivity index (χ1n) is 14.5. The van der Waals surface area contributed by atoms with Crippen LogP contribution in [0.4, 0.5) is 17.1 Å². The average Bonchev–Trinajstić information content (AvgIpc) is 3.63. The van der Waals surface area contributed by atoms with Crippen LogP contribution >= 0.6 is 11.3 Å². The van der Waals surface area contributed by atoms with Crippen LogP contribution in [0.1, 0.15) is 0 Å². The first kappa shape index (κ1) is 24.2. The van der Waals surface area contributed by atoms with Crippen molar-refractivity contribution >= 4 is 81.3 Å². The molecule has 9 aromatic rings. The molecule has 0 atom stereocenters. The number of rotatable bonds is 4. The van der Waals surface area contributed by atoms with Gasteiger partial charge in [0.2, 0.25) is 0 Å². The van der Waals surface area contributed by atoms with E-state index >= 15 is 0 Å². The Morgan fingerprint density at radius 1 is 0.419 bits per heavy atom. The third kappa shape index (κ3) is 3.86. The lowest BCUT2D eigenvalue weighted by Gasteiger charge is -2.25. The van der Waals surface area contributed by atoms with E-state index in [2.05, 4.69) is 157 Å². The lowest BCUT2D eigenvalue weighted by molar-refractivity contribution is 0.669. The van der Waals surface area contributed by atoms with E-state index in [1.54, 1.807) is 0 Å². The van der Waals surface area contributed by atoms with Crippen LogP contribution < -0.4 is 4.90 Å². The van der Waals surface area contributed by atoms with Gasteiger partial charge in [0.25, 0.3) is 0 Å². The molecular weight excluding hydrogens is 543 g/mol. The number of fused-ring (bicyclic) bond motifs is 8. The Labute approximate surface area is 252 Å². The second-order valence-electron chi connectivity index (χ2n) is 10.9. The minimum atomic E-state index is 0.881. The summed E-state index contributed by atoms with van der Waals surface area (Å²) in [5.74, 6) is 0. The molecule has 0 N–H and O–H groups in total. The fraction of sp³-hybridized carbons (Fsp3) is 0. The second kappa shape index (κ2) is 9.59. The molecule has 2 nitrogen and oxygen atoms in total. The van der Waals surface area contributed by atoms with Gasteiger partial charge in [0, 0.05) is 54.1 Å². The molecule has 2 aromatic heterocycles. The minimum absolute atomic E-state index is 0.881. The second-order valence-corrected chi connectivity index (χ2v) is 12.0. The molecular formula is C40H25NOS. The molecule has 2 heterocycles. The largest absolute Gasteiger partial charge is 0.456 e. The Bertz CT molecular complexity index is 2460. The van der Waals surface area contributed by atoms with E-state index in [0.717, 1.165) is 39.0 Å². The highest BCUT2D eigenvalue weighted by Crippen LogP contribution is 2.44. The highest BCUT2D eigenvalue weighted by molar-refractivity contribution is 7.25. The van der Waals surface area contributed by atoms with Crippen molar-refractivity contribution in [3.8, 4) is 11.1 Å². The van der Waals surface area contributed by atoms with Crippen molar-refractivity contribution in [3.05, 3.63) is 152 Å². The fourth-order valence-corrected chi connectivity index (χ4v) is 7.64. The summed E-state index contributed by atoms with van der Waals surface area (Å²) in [4.78, 5) is 2.32. The topological polar surface area (TPSA) is 16.4 Å². The van der Waals surface area contributed by atoms with Gasteiger partial charge < -0.3 is 9.32 Å². The van der Waals surface area contributed by atoms with E-state index in [0.29, 0.717) is 0 Å². The molecule has 0 saturated carbocycles. The Balaban J connectivity index is 1.26. The maximum atomic E-state index is 6.67. The smallest absolute Gasteiger partial charge is 0.137 e. The van der Waals surface area contributed by atoms with Gasteiger partial charge in [-0.25, -0.2) is 0 Å². The number of nitrogens with zero attached hydrogens (tertiary/aromatic N) is 1. The number of benzene rings is 7. The molecule has 0 bridgehead atoms. The Morgan fingerprint density at radius 3 is 1.86 bits per heavy atom. The Morgan fingerprint density at radius 2 is 1.05 bits per heavy atom. The Kier molecular flexibility index (Phi) is 5.40. The van der Waals surface area contributed by atoms with Gasteiger partial charge in [0.15, 0.2) is 0 Å². The zero-order valence-corrected chi connectivity index (χ0v) is 24.0. The van der Waals surface area contributed by atoms with E-state index in [-0.39, 0.29) is 0 Å². The van der Waals surface area contributed by atoms with Crippen LogP contribution in [0.5, 0.6) is 0 Å². The number of thiophene rings is 1. The summed E-state index contributed by atoms with van der Waals surface area (Å²) >= 11 is 1.84. The van der Waals surface area contributed by atoms with Crippen LogP contribution in [0.3, 0.4) is 0 Å². The summed E-state index contributed by atoms with van der Waals surface area (Å²) in [6.07, 6.45) is 0. The molecule has 0 radical (unpaired) electrons. The van der Waals surface area contributed by atoms with Gasteiger partial charge in [-0.15, -0.1) is 11.3 Å². The molecule has 0 aliphatic carbocycles. The highest BCUT2D eigenvalue weighted by Gasteiger charge is 2.19. The quantitative estimate of drug-likeness (QED) is 0.210. The van der Waals surface area contributed by atoms with Crippen LogP contribution in [0, 0.1) is 0 Å². The maximum absolute atomic E-state index is 6.67. The normalized spacial score (nSPS) is 11.7. The number of hydrogen-bond donors (Lipinski definition) is 0. The van der Waals surface area contributed by atoms with Gasteiger partial charge in [-0.1, -0.05) is 97.1 Å². The van der Waals surface area contributed by atoms with Gasteiger partial charge in [0.1, 0.15) is 11.2 Å². The van der Waals surface area contributed by atoms with Gasteiger partial charge in [-0.05, 0) is 70.4 Å². The van der Waals surface area contributed by atoms with Crippen molar-refractivity contribution in [1.82, 2.24) is 0 Å². The average molecular weight is 568 g/mol. The zero-order valence-electron chi connectivity index (χ0n) is 23.2.